The van der Waals surface area contributed by atoms with Gasteiger partial charge in [-0.15, -0.1) is 0 Å². The number of fused-ring (bicyclic) bond motifs is 1. The predicted octanol–water partition coefficient (Wildman–Crippen LogP) is 0.585. The van der Waals surface area contributed by atoms with Crippen LogP contribution in [0.4, 0.5) is 0 Å². The van der Waals surface area contributed by atoms with Crippen molar-refractivity contribution in [3.8, 4) is 0 Å². The van der Waals surface area contributed by atoms with E-state index in [1.54, 1.807) is 17.1 Å². The van der Waals surface area contributed by atoms with Crippen molar-refractivity contribution in [3.63, 3.8) is 0 Å². The maximum absolute atomic E-state index is 12.7. The summed E-state index contributed by atoms with van der Waals surface area (Å²) < 4.78 is 1.65. The van der Waals surface area contributed by atoms with Gasteiger partial charge in [-0.2, -0.15) is 5.10 Å². The number of aromatic nitrogens is 2. The number of carbonyl (C=O) groups is 1. The van der Waals surface area contributed by atoms with E-state index < -0.39 is 0 Å². The molecule has 2 aliphatic heterocycles. The van der Waals surface area contributed by atoms with Crippen LogP contribution in [0.1, 0.15) is 30.6 Å². The van der Waals surface area contributed by atoms with Crippen molar-refractivity contribution >= 4 is 5.91 Å². The molecule has 0 aliphatic carbocycles. The van der Waals surface area contributed by atoms with Gasteiger partial charge in [-0.25, -0.2) is 0 Å². The minimum Gasteiger partial charge on any atom is -0.396 e. The van der Waals surface area contributed by atoms with Crippen molar-refractivity contribution in [3.05, 3.63) is 18.0 Å². The molecule has 2 atom stereocenters. The molecule has 3 rings (SSSR count). The van der Waals surface area contributed by atoms with Gasteiger partial charge in [-0.05, 0) is 26.2 Å². The molecule has 0 saturated carbocycles. The molecule has 3 heterocycles. The quantitative estimate of drug-likeness (QED) is 0.887. The van der Waals surface area contributed by atoms with Crippen LogP contribution in [0.3, 0.4) is 0 Å². The SMILES string of the molecule is CC(C)N1C[C@@H]2CCN(C(=O)c3cnn(C)c3)C[C@]2(CO)C1. The average molecular weight is 306 g/mol. The highest BCUT2D eigenvalue weighted by molar-refractivity contribution is 5.93. The van der Waals surface area contributed by atoms with E-state index in [2.05, 4.69) is 23.8 Å². The number of amides is 1. The second kappa shape index (κ2) is 5.66. The van der Waals surface area contributed by atoms with Crippen LogP contribution in [0.25, 0.3) is 0 Å². The summed E-state index contributed by atoms with van der Waals surface area (Å²) >= 11 is 0. The van der Waals surface area contributed by atoms with Crippen LogP contribution >= 0.6 is 0 Å². The van der Waals surface area contributed by atoms with Crippen molar-refractivity contribution in [1.82, 2.24) is 19.6 Å². The van der Waals surface area contributed by atoms with Gasteiger partial charge >= 0.3 is 0 Å². The van der Waals surface area contributed by atoms with Crippen LogP contribution in [0, 0.1) is 11.3 Å². The normalized spacial score (nSPS) is 29.1. The second-order valence-corrected chi connectivity index (χ2v) is 7.16. The Morgan fingerprint density at radius 2 is 2.27 bits per heavy atom. The van der Waals surface area contributed by atoms with E-state index >= 15 is 0 Å². The summed E-state index contributed by atoms with van der Waals surface area (Å²) in [5, 5.41) is 14.1. The molecule has 2 saturated heterocycles. The van der Waals surface area contributed by atoms with E-state index in [1.807, 2.05) is 11.9 Å². The summed E-state index contributed by atoms with van der Waals surface area (Å²) in [5.41, 5.74) is 0.466. The van der Waals surface area contributed by atoms with Gasteiger partial charge < -0.3 is 10.0 Å². The van der Waals surface area contributed by atoms with Gasteiger partial charge in [-0.3, -0.25) is 14.4 Å². The first-order valence-electron chi connectivity index (χ1n) is 8.08. The first kappa shape index (κ1) is 15.5. The van der Waals surface area contributed by atoms with E-state index in [1.165, 1.54) is 0 Å². The average Bonchev–Trinajstić information content (AvgIpc) is 3.09. The molecule has 6 nitrogen and oxygen atoms in total. The maximum atomic E-state index is 12.7. The first-order valence-corrected chi connectivity index (χ1v) is 8.08. The smallest absolute Gasteiger partial charge is 0.257 e. The molecule has 22 heavy (non-hydrogen) atoms. The molecular weight excluding hydrogens is 280 g/mol. The molecule has 0 bridgehead atoms. The van der Waals surface area contributed by atoms with Crippen molar-refractivity contribution in [2.75, 3.05) is 32.8 Å². The molecule has 0 spiro atoms. The topological polar surface area (TPSA) is 61.6 Å². The van der Waals surface area contributed by atoms with Gasteiger partial charge in [0.25, 0.3) is 5.91 Å². The molecule has 1 aromatic rings. The Kier molecular flexibility index (Phi) is 3.99. The molecule has 0 radical (unpaired) electrons. The fraction of sp³-hybridized carbons (Fsp3) is 0.750. The van der Waals surface area contributed by atoms with Gasteiger partial charge in [0, 0.05) is 50.9 Å². The van der Waals surface area contributed by atoms with E-state index in [0.717, 1.165) is 26.1 Å². The molecule has 1 aromatic heterocycles. The lowest BCUT2D eigenvalue weighted by Crippen LogP contribution is -2.52. The fourth-order valence-corrected chi connectivity index (χ4v) is 3.93. The Labute approximate surface area is 131 Å². The van der Waals surface area contributed by atoms with Crippen LogP contribution in [0.15, 0.2) is 12.4 Å². The van der Waals surface area contributed by atoms with Gasteiger partial charge in [-0.1, -0.05) is 0 Å². The molecule has 0 unspecified atom stereocenters. The van der Waals surface area contributed by atoms with Crippen molar-refractivity contribution in [2.45, 2.75) is 26.3 Å². The van der Waals surface area contributed by atoms with Crippen LogP contribution in [-0.4, -0.2) is 69.4 Å². The number of hydrogen-bond acceptors (Lipinski definition) is 4. The summed E-state index contributed by atoms with van der Waals surface area (Å²) in [6, 6.07) is 0.483. The van der Waals surface area contributed by atoms with E-state index in [0.29, 0.717) is 24.1 Å². The Morgan fingerprint density at radius 1 is 1.50 bits per heavy atom. The summed E-state index contributed by atoms with van der Waals surface area (Å²) in [6.07, 6.45) is 4.35. The molecule has 0 aromatic carbocycles. The highest BCUT2D eigenvalue weighted by Crippen LogP contribution is 2.42. The lowest BCUT2D eigenvalue weighted by molar-refractivity contribution is 0.0114. The Bertz CT molecular complexity index is 556. The summed E-state index contributed by atoms with van der Waals surface area (Å²) in [6.45, 7) is 7.87. The fourth-order valence-electron chi connectivity index (χ4n) is 3.93. The van der Waals surface area contributed by atoms with Crippen LogP contribution < -0.4 is 0 Å². The van der Waals surface area contributed by atoms with E-state index in [9.17, 15) is 9.90 Å². The van der Waals surface area contributed by atoms with E-state index in [4.69, 9.17) is 0 Å². The lowest BCUT2D eigenvalue weighted by atomic mass is 9.74. The van der Waals surface area contributed by atoms with Crippen LogP contribution in [0.5, 0.6) is 0 Å². The number of carbonyl (C=O) groups excluding carboxylic acids is 1. The number of likely N-dealkylation sites (tertiary alicyclic amines) is 2. The van der Waals surface area contributed by atoms with Crippen LogP contribution in [0.2, 0.25) is 0 Å². The van der Waals surface area contributed by atoms with Crippen molar-refractivity contribution in [1.29, 1.82) is 0 Å². The highest BCUT2D eigenvalue weighted by atomic mass is 16.3. The highest BCUT2D eigenvalue weighted by Gasteiger charge is 2.50. The molecule has 122 valence electrons. The maximum Gasteiger partial charge on any atom is 0.257 e. The Balaban J connectivity index is 1.77. The number of aliphatic hydroxyl groups is 1. The predicted molar refractivity (Wildman–Crippen MR) is 83.4 cm³/mol. The molecular formula is C16H26N4O2. The third-order valence-electron chi connectivity index (χ3n) is 5.38. The second-order valence-electron chi connectivity index (χ2n) is 7.16. The zero-order valence-corrected chi connectivity index (χ0v) is 13.7. The third kappa shape index (κ3) is 2.54. The van der Waals surface area contributed by atoms with Crippen molar-refractivity contribution < 1.29 is 9.90 Å². The minimum atomic E-state index is -0.166. The molecule has 2 aliphatic rings. The van der Waals surface area contributed by atoms with Gasteiger partial charge in [0.2, 0.25) is 0 Å². The Morgan fingerprint density at radius 3 is 2.86 bits per heavy atom. The minimum absolute atomic E-state index is 0.0300. The molecule has 6 heteroatoms. The summed E-state index contributed by atoms with van der Waals surface area (Å²) in [7, 11) is 1.82. The van der Waals surface area contributed by atoms with Gasteiger partial charge in [0.05, 0.1) is 18.4 Å². The number of piperidine rings is 1. The summed E-state index contributed by atoms with van der Waals surface area (Å²) in [5.74, 6) is 0.514. The monoisotopic (exact) mass is 306 g/mol. The van der Waals surface area contributed by atoms with Crippen molar-refractivity contribution in [2.24, 2.45) is 18.4 Å². The number of aliphatic hydroxyl groups excluding tert-OH is 1. The number of aryl methyl sites for hydroxylation is 1. The molecule has 2 fully saturated rings. The molecule has 1 N–H and O–H groups in total. The van der Waals surface area contributed by atoms with E-state index in [-0.39, 0.29) is 17.9 Å². The standard InChI is InChI=1S/C16H26N4O2/c1-12(2)20-8-14-4-5-19(9-16(14,10-20)11-21)15(22)13-6-17-18(3)7-13/h6-7,12,14,21H,4-5,8-11H2,1-3H3/t14-,16+/m0/s1. The Hall–Kier alpha value is -1.40. The zero-order valence-electron chi connectivity index (χ0n) is 13.7. The van der Waals surface area contributed by atoms with Crippen LogP contribution in [-0.2, 0) is 7.05 Å². The lowest BCUT2D eigenvalue weighted by Gasteiger charge is -2.43. The first-order chi connectivity index (χ1) is 10.4. The van der Waals surface area contributed by atoms with Gasteiger partial charge in [0.1, 0.15) is 0 Å². The number of rotatable bonds is 3. The molecule has 1 amide bonds. The number of hydrogen-bond donors (Lipinski definition) is 1. The number of nitrogens with zero attached hydrogens (tertiary/aromatic N) is 4. The largest absolute Gasteiger partial charge is 0.396 e. The van der Waals surface area contributed by atoms with Gasteiger partial charge in [0.15, 0.2) is 0 Å². The summed E-state index contributed by atoms with van der Waals surface area (Å²) in [4.78, 5) is 17.0. The zero-order chi connectivity index (χ0) is 15.9. The third-order valence-corrected chi connectivity index (χ3v) is 5.38.